The fraction of sp³-hybridized carbons (Fsp3) is 0.417. The van der Waals surface area contributed by atoms with Crippen molar-refractivity contribution < 1.29 is 9.18 Å². The highest BCUT2D eigenvalue weighted by Crippen LogP contribution is 2.09. The van der Waals surface area contributed by atoms with Gasteiger partial charge in [0.1, 0.15) is 5.82 Å². The summed E-state index contributed by atoms with van der Waals surface area (Å²) in [7, 11) is 0. The second kappa shape index (κ2) is 8.03. The number of nitrogens with one attached hydrogen (secondary N) is 2. The first kappa shape index (κ1) is 15.9. The van der Waals surface area contributed by atoms with Crippen LogP contribution >= 0.6 is 12.4 Å². The molecule has 0 aliphatic heterocycles. The molecule has 1 rings (SSSR count). The van der Waals surface area contributed by atoms with Crippen LogP contribution in [0.2, 0.25) is 0 Å². The first-order valence-electron chi connectivity index (χ1n) is 5.40. The van der Waals surface area contributed by atoms with E-state index in [2.05, 4.69) is 10.6 Å². The lowest BCUT2D eigenvalue weighted by molar-refractivity contribution is 0.0950. The molecular formula is C12H18ClFN2O. The standard InChI is InChI=1S/C12H17FN2O.ClH/c1-3-14-6-7-15-12(16)10-5-4-9(2)8-11(10)13;/h4-5,8,14H,3,6-7H2,1-2H3,(H,15,16);1H. The number of rotatable bonds is 5. The van der Waals surface area contributed by atoms with Gasteiger partial charge in [-0.3, -0.25) is 4.79 Å². The van der Waals surface area contributed by atoms with Crippen molar-refractivity contribution in [2.75, 3.05) is 19.6 Å². The number of halogens is 2. The summed E-state index contributed by atoms with van der Waals surface area (Å²) in [6.07, 6.45) is 0. The summed E-state index contributed by atoms with van der Waals surface area (Å²) in [6, 6.07) is 4.59. The van der Waals surface area contributed by atoms with Gasteiger partial charge in [-0.05, 0) is 31.2 Å². The molecule has 0 aliphatic carbocycles. The highest BCUT2D eigenvalue weighted by Gasteiger charge is 2.10. The van der Waals surface area contributed by atoms with E-state index in [0.717, 1.165) is 12.1 Å². The van der Waals surface area contributed by atoms with E-state index in [9.17, 15) is 9.18 Å². The highest BCUT2D eigenvalue weighted by atomic mass is 35.5. The third kappa shape index (κ3) is 5.15. The topological polar surface area (TPSA) is 41.1 Å². The first-order valence-corrected chi connectivity index (χ1v) is 5.40. The summed E-state index contributed by atoms with van der Waals surface area (Å²) in [6.45, 7) is 5.82. The number of amides is 1. The monoisotopic (exact) mass is 260 g/mol. The van der Waals surface area contributed by atoms with Crippen molar-refractivity contribution in [3.8, 4) is 0 Å². The van der Waals surface area contributed by atoms with Crippen molar-refractivity contribution >= 4 is 18.3 Å². The van der Waals surface area contributed by atoms with Crippen LogP contribution in [0.4, 0.5) is 4.39 Å². The largest absolute Gasteiger partial charge is 0.351 e. The summed E-state index contributed by atoms with van der Waals surface area (Å²) in [5.41, 5.74) is 0.906. The van der Waals surface area contributed by atoms with Crippen molar-refractivity contribution in [2.45, 2.75) is 13.8 Å². The van der Waals surface area contributed by atoms with Gasteiger partial charge in [0.15, 0.2) is 0 Å². The Hall–Kier alpha value is -1.13. The van der Waals surface area contributed by atoms with Gasteiger partial charge in [0.05, 0.1) is 5.56 Å². The molecule has 0 heterocycles. The van der Waals surface area contributed by atoms with Crippen LogP contribution in [0, 0.1) is 12.7 Å². The SMILES string of the molecule is CCNCCNC(=O)c1ccc(C)cc1F.Cl. The minimum atomic E-state index is -0.471. The van der Waals surface area contributed by atoms with E-state index in [1.807, 2.05) is 6.92 Å². The number of hydrogen-bond donors (Lipinski definition) is 2. The number of benzene rings is 1. The van der Waals surface area contributed by atoms with Gasteiger partial charge in [-0.1, -0.05) is 13.0 Å². The molecule has 0 bridgehead atoms. The predicted molar refractivity (Wildman–Crippen MR) is 69.3 cm³/mol. The molecule has 5 heteroatoms. The molecule has 96 valence electrons. The van der Waals surface area contributed by atoms with Gasteiger partial charge >= 0.3 is 0 Å². The van der Waals surface area contributed by atoms with Gasteiger partial charge in [-0.25, -0.2) is 4.39 Å². The molecule has 0 aliphatic rings. The van der Waals surface area contributed by atoms with E-state index in [0.29, 0.717) is 13.1 Å². The lowest BCUT2D eigenvalue weighted by Gasteiger charge is -2.06. The molecule has 17 heavy (non-hydrogen) atoms. The molecular weight excluding hydrogens is 243 g/mol. The van der Waals surface area contributed by atoms with E-state index in [1.54, 1.807) is 13.0 Å². The molecule has 0 spiro atoms. The molecule has 0 atom stereocenters. The maximum absolute atomic E-state index is 13.4. The molecule has 2 N–H and O–H groups in total. The first-order chi connectivity index (χ1) is 7.65. The summed E-state index contributed by atoms with van der Waals surface area (Å²) in [5, 5.41) is 5.72. The van der Waals surface area contributed by atoms with E-state index < -0.39 is 5.82 Å². The minimum absolute atomic E-state index is 0. The summed E-state index contributed by atoms with van der Waals surface area (Å²) >= 11 is 0. The minimum Gasteiger partial charge on any atom is -0.351 e. The van der Waals surface area contributed by atoms with Gasteiger partial charge in [0, 0.05) is 13.1 Å². The normalized spacial score (nSPS) is 9.59. The van der Waals surface area contributed by atoms with Crippen molar-refractivity contribution in [2.24, 2.45) is 0 Å². The molecule has 1 amide bonds. The van der Waals surface area contributed by atoms with Crippen molar-refractivity contribution in [1.82, 2.24) is 10.6 Å². The second-order valence-electron chi connectivity index (χ2n) is 3.59. The van der Waals surface area contributed by atoms with Gasteiger partial charge in [0.2, 0.25) is 0 Å². The molecule has 0 fully saturated rings. The molecule has 3 nitrogen and oxygen atoms in total. The second-order valence-corrected chi connectivity index (χ2v) is 3.59. The number of carbonyl (C=O) groups excluding carboxylic acids is 1. The fourth-order valence-electron chi connectivity index (χ4n) is 1.34. The molecule has 0 aromatic heterocycles. The van der Waals surface area contributed by atoms with Crippen molar-refractivity contribution in [3.05, 3.63) is 35.1 Å². The van der Waals surface area contributed by atoms with Crippen molar-refractivity contribution in [3.63, 3.8) is 0 Å². The molecule has 0 saturated carbocycles. The Kier molecular flexibility index (Phi) is 7.50. The van der Waals surface area contributed by atoms with Crippen LogP contribution in [0.15, 0.2) is 18.2 Å². The number of likely N-dealkylation sites (N-methyl/N-ethyl adjacent to an activating group) is 1. The van der Waals surface area contributed by atoms with Crippen LogP contribution in [-0.4, -0.2) is 25.5 Å². The van der Waals surface area contributed by atoms with Gasteiger partial charge < -0.3 is 10.6 Å². The zero-order valence-corrected chi connectivity index (χ0v) is 10.9. The molecule has 1 aromatic rings. The van der Waals surface area contributed by atoms with Crippen LogP contribution in [0.3, 0.4) is 0 Å². The van der Waals surface area contributed by atoms with Gasteiger partial charge in [-0.15, -0.1) is 12.4 Å². The average Bonchev–Trinajstić information content (AvgIpc) is 2.24. The Bertz CT molecular complexity index is 372. The third-order valence-electron chi connectivity index (χ3n) is 2.21. The van der Waals surface area contributed by atoms with Crippen LogP contribution in [-0.2, 0) is 0 Å². The Morgan fingerprint density at radius 3 is 2.65 bits per heavy atom. The Labute approximate surface area is 107 Å². The molecule has 0 radical (unpaired) electrons. The Morgan fingerprint density at radius 2 is 2.06 bits per heavy atom. The van der Waals surface area contributed by atoms with Gasteiger partial charge in [-0.2, -0.15) is 0 Å². The summed E-state index contributed by atoms with van der Waals surface area (Å²) < 4.78 is 13.4. The Balaban J connectivity index is 0.00000256. The third-order valence-corrected chi connectivity index (χ3v) is 2.21. The average molecular weight is 261 g/mol. The smallest absolute Gasteiger partial charge is 0.254 e. The van der Waals surface area contributed by atoms with Crippen LogP contribution < -0.4 is 10.6 Å². The highest BCUT2D eigenvalue weighted by molar-refractivity contribution is 5.94. The predicted octanol–water partition coefficient (Wildman–Crippen LogP) is 1.90. The van der Waals surface area contributed by atoms with Crippen LogP contribution in [0.1, 0.15) is 22.8 Å². The Morgan fingerprint density at radius 1 is 1.35 bits per heavy atom. The van der Waals surface area contributed by atoms with Gasteiger partial charge in [0.25, 0.3) is 5.91 Å². The molecule has 1 aromatic carbocycles. The van der Waals surface area contributed by atoms with Crippen LogP contribution in [0.25, 0.3) is 0 Å². The molecule has 0 saturated heterocycles. The fourth-order valence-corrected chi connectivity index (χ4v) is 1.34. The summed E-state index contributed by atoms with van der Waals surface area (Å²) in [4.78, 5) is 11.6. The number of carbonyl (C=O) groups is 1. The maximum Gasteiger partial charge on any atom is 0.254 e. The number of aryl methyl sites for hydroxylation is 1. The van der Waals surface area contributed by atoms with E-state index in [1.165, 1.54) is 12.1 Å². The van der Waals surface area contributed by atoms with Crippen molar-refractivity contribution in [1.29, 1.82) is 0 Å². The number of hydrogen-bond acceptors (Lipinski definition) is 2. The summed E-state index contributed by atoms with van der Waals surface area (Å²) in [5.74, 6) is -0.837. The quantitative estimate of drug-likeness (QED) is 0.794. The van der Waals surface area contributed by atoms with E-state index in [-0.39, 0.29) is 23.9 Å². The zero-order valence-electron chi connectivity index (χ0n) is 10.0. The zero-order chi connectivity index (χ0) is 12.0. The lowest BCUT2D eigenvalue weighted by Crippen LogP contribution is -2.32. The van der Waals surface area contributed by atoms with E-state index in [4.69, 9.17) is 0 Å². The van der Waals surface area contributed by atoms with E-state index >= 15 is 0 Å². The van der Waals surface area contributed by atoms with Crippen LogP contribution in [0.5, 0.6) is 0 Å². The lowest BCUT2D eigenvalue weighted by atomic mass is 10.1. The maximum atomic E-state index is 13.4. The molecule has 0 unspecified atom stereocenters.